The van der Waals surface area contributed by atoms with Crippen LogP contribution in [0.25, 0.3) is 0 Å². The van der Waals surface area contributed by atoms with Crippen LogP contribution in [-0.2, 0) is 9.59 Å². The van der Waals surface area contributed by atoms with Crippen molar-refractivity contribution in [3.05, 3.63) is 53.1 Å². The number of carbonyl (C=O) groups excluding carboxylic acids is 2. The van der Waals surface area contributed by atoms with Gasteiger partial charge in [-0.3, -0.25) is 9.59 Å². The van der Waals surface area contributed by atoms with Gasteiger partial charge in [0.05, 0.1) is 18.6 Å². The van der Waals surface area contributed by atoms with E-state index in [1.54, 1.807) is 38.1 Å². The summed E-state index contributed by atoms with van der Waals surface area (Å²) in [5.41, 5.74) is 1.17. The minimum atomic E-state index is -4.73. The molecule has 0 fully saturated rings. The van der Waals surface area contributed by atoms with Gasteiger partial charge >= 0.3 is 6.18 Å². The van der Waals surface area contributed by atoms with Crippen molar-refractivity contribution in [3.8, 4) is 5.75 Å². The standard InChI is InChI=1S/C22H25F3N2O5/c1-12(2)9-17(29)27(11-22(23,24)25)15-10-14(21(31)26-7-8-28)18-13-5-3-4-6-16(13)32-20(18)19(15)30/h3-6,9-10,15,18-20,28,30H,7-8,11H2,1-2H3,(H,26,31)/t15-,18+,19+,20+/m1/s1. The van der Waals surface area contributed by atoms with Crippen molar-refractivity contribution in [2.24, 2.45) is 0 Å². The lowest BCUT2D eigenvalue weighted by atomic mass is 9.77. The van der Waals surface area contributed by atoms with E-state index in [9.17, 15) is 27.9 Å². The van der Waals surface area contributed by atoms with E-state index in [0.717, 1.165) is 6.08 Å². The van der Waals surface area contributed by atoms with Crippen molar-refractivity contribution < 1.29 is 37.7 Å². The summed E-state index contributed by atoms with van der Waals surface area (Å²) in [5.74, 6) is -1.89. The quantitative estimate of drug-likeness (QED) is 0.568. The number of amides is 2. The minimum Gasteiger partial charge on any atom is -0.486 e. The molecule has 4 atom stereocenters. The molecule has 0 unspecified atom stereocenters. The average Bonchev–Trinajstić information content (AvgIpc) is 3.10. The number of nitrogens with zero attached hydrogens (tertiary/aromatic N) is 1. The second-order valence-electron chi connectivity index (χ2n) is 7.98. The Balaban J connectivity index is 2.09. The fraction of sp³-hybridized carbons (Fsp3) is 0.455. The number of nitrogens with one attached hydrogen (secondary N) is 1. The molecule has 2 amide bonds. The number of ether oxygens (including phenoxy) is 1. The lowest BCUT2D eigenvalue weighted by Crippen LogP contribution is -2.57. The van der Waals surface area contributed by atoms with Gasteiger partial charge < -0.3 is 25.2 Å². The molecule has 0 spiro atoms. The normalized spacial score (nSPS) is 23.9. The van der Waals surface area contributed by atoms with Crippen molar-refractivity contribution in [1.82, 2.24) is 10.2 Å². The van der Waals surface area contributed by atoms with Crippen LogP contribution < -0.4 is 10.1 Å². The van der Waals surface area contributed by atoms with E-state index in [0.29, 0.717) is 21.8 Å². The summed E-state index contributed by atoms with van der Waals surface area (Å²) < 4.78 is 45.8. The highest BCUT2D eigenvalue weighted by Crippen LogP contribution is 2.47. The zero-order chi connectivity index (χ0) is 23.6. The van der Waals surface area contributed by atoms with E-state index in [-0.39, 0.29) is 18.7 Å². The summed E-state index contributed by atoms with van der Waals surface area (Å²) in [4.78, 5) is 26.0. The first kappa shape index (κ1) is 23.8. The van der Waals surface area contributed by atoms with Gasteiger partial charge in [-0.05, 0) is 26.0 Å². The third-order valence-corrected chi connectivity index (χ3v) is 5.28. The van der Waals surface area contributed by atoms with Gasteiger partial charge in [0.25, 0.3) is 0 Å². The lowest BCUT2D eigenvalue weighted by Gasteiger charge is -2.40. The molecule has 1 aliphatic carbocycles. The molecule has 0 bridgehead atoms. The van der Waals surface area contributed by atoms with Gasteiger partial charge in [-0.1, -0.05) is 23.8 Å². The van der Waals surface area contributed by atoms with Crippen LogP contribution in [0, 0.1) is 0 Å². The first-order valence-corrected chi connectivity index (χ1v) is 10.1. The van der Waals surface area contributed by atoms with E-state index in [1.807, 2.05) is 0 Å². The van der Waals surface area contributed by atoms with Crippen molar-refractivity contribution in [2.45, 2.75) is 44.2 Å². The van der Waals surface area contributed by atoms with Crippen molar-refractivity contribution in [1.29, 1.82) is 0 Å². The number of allylic oxidation sites excluding steroid dienone is 1. The van der Waals surface area contributed by atoms with Gasteiger partial charge in [0, 0.05) is 23.8 Å². The molecule has 0 aromatic heterocycles. The highest BCUT2D eigenvalue weighted by Gasteiger charge is 2.51. The van der Waals surface area contributed by atoms with Crippen LogP contribution in [-0.4, -0.2) is 71.0 Å². The molecule has 1 aromatic carbocycles. The van der Waals surface area contributed by atoms with Crippen LogP contribution in [0.15, 0.2) is 47.6 Å². The lowest BCUT2D eigenvalue weighted by molar-refractivity contribution is -0.167. The SMILES string of the molecule is CC(C)=CC(=O)N(CC(F)(F)F)[C@@H]1C=C(C(=O)NCCO)[C@@H]2c3ccccc3O[C@@H]2[C@H]1O. The zero-order valence-corrected chi connectivity index (χ0v) is 17.6. The largest absolute Gasteiger partial charge is 0.486 e. The molecule has 174 valence electrons. The number of hydrogen-bond donors (Lipinski definition) is 3. The number of carbonyl (C=O) groups is 2. The molecule has 0 saturated carbocycles. The molecule has 2 aliphatic rings. The van der Waals surface area contributed by atoms with E-state index in [4.69, 9.17) is 9.84 Å². The molecule has 0 saturated heterocycles. The molecule has 3 N–H and O–H groups in total. The fourth-order valence-electron chi connectivity index (χ4n) is 4.04. The van der Waals surface area contributed by atoms with Crippen LogP contribution in [0.2, 0.25) is 0 Å². The minimum absolute atomic E-state index is 0.0632. The Labute approximate surface area is 183 Å². The van der Waals surface area contributed by atoms with Crippen LogP contribution in [0.1, 0.15) is 25.3 Å². The number of hydrogen-bond acceptors (Lipinski definition) is 5. The maximum Gasteiger partial charge on any atom is 0.406 e. The molecule has 32 heavy (non-hydrogen) atoms. The van der Waals surface area contributed by atoms with Crippen LogP contribution >= 0.6 is 0 Å². The Bertz CT molecular complexity index is 940. The summed E-state index contributed by atoms with van der Waals surface area (Å²) in [7, 11) is 0. The Morgan fingerprint density at radius 1 is 1.25 bits per heavy atom. The fourth-order valence-corrected chi connectivity index (χ4v) is 4.04. The van der Waals surface area contributed by atoms with E-state index < -0.39 is 48.7 Å². The smallest absolute Gasteiger partial charge is 0.406 e. The van der Waals surface area contributed by atoms with Crippen molar-refractivity contribution in [2.75, 3.05) is 19.7 Å². The molecule has 3 rings (SSSR count). The molecular formula is C22H25F3N2O5. The number of rotatable bonds is 6. The van der Waals surface area contributed by atoms with Crippen LogP contribution in [0.3, 0.4) is 0 Å². The predicted molar refractivity (Wildman–Crippen MR) is 109 cm³/mol. The van der Waals surface area contributed by atoms with Gasteiger partial charge in [-0.25, -0.2) is 0 Å². The maximum absolute atomic E-state index is 13.3. The van der Waals surface area contributed by atoms with Gasteiger partial charge in [0.2, 0.25) is 11.8 Å². The third kappa shape index (κ3) is 4.97. The average molecular weight is 454 g/mol. The second kappa shape index (κ2) is 9.33. The molecule has 1 aromatic rings. The Hall–Kier alpha value is -2.85. The highest BCUT2D eigenvalue weighted by molar-refractivity contribution is 5.96. The number of benzene rings is 1. The Morgan fingerprint density at radius 3 is 2.56 bits per heavy atom. The number of halogens is 3. The first-order valence-electron chi connectivity index (χ1n) is 10.1. The highest BCUT2D eigenvalue weighted by atomic mass is 19.4. The predicted octanol–water partition coefficient (Wildman–Crippen LogP) is 1.67. The Morgan fingerprint density at radius 2 is 1.94 bits per heavy atom. The zero-order valence-electron chi connectivity index (χ0n) is 17.6. The number of para-hydroxylation sites is 1. The van der Waals surface area contributed by atoms with Gasteiger partial charge in [0.15, 0.2) is 0 Å². The third-order valence-electron chi connectivity index (χ3n) is 5.28. The summed E-state index contributed by atoms with van der Waals surface area (Å²) in [6.45, 7) is 1.14. The number of fused-ring (bicyclic) bond motifs is 3. The first-order chi connectivity index (χ1) is 15.0. The van der Waals surface area contributed by atoms with Crippen molar-refractivity contribution >= 4 is 11.8 Å². The van der Waals surface area contributed by atoms with Crippen LogP contribution in [0.4, 0.5) is 13.2 Å². The van der Waals surface area contributed by atoms with E-state index >= 15 is 0 Å². The molecule has 7 nitrogen and oxygen atoms in total. The monoisotopic (exact) mass is 454 g/mol. The van der Waals surface area contributed by atoms with Gasteiger partial charge in [-0.15, -0.1) is 0 Å². The summed E-state index contributed by atoms with van der Waals surface area (Å²) >= 11 is 0. The maximum atomic E-state index is 13.3. The molecule has 0 radical (unpaired) electrons. The van der Waals surface area contributed by atoms with Crippen LogP contribution in [0.5, 0.6) is 5.75 Å². The summed E-state index contributed by atoms with van der Waals surface area (Å²) in [6, 6.07) is 5.32. The topological polar surface area (TPSA) is 99.1 Å². The second-order valence-corrected chi connectivity index (χ2v) is 7.98. The van der Waals surface area contributed by atoms with Gasteiger partial charge in [0.1, 0.15) is 24.5 Å². The van der Waals surface area contributed by atoms with E-state index in [1.165, 1.54) is 6.08 Å². The number of aliphatic hydroxyl groups is 2. The molecule has 10 heteroatoms. The summed E-state index contributed by atoms with van der Waals surface area (Å²) in [6.07, 6.45) is -5.05. The molecular weight excluding hydrogens is 429 g/mol. The van der Waals surface area contributed by atoms with E-state index in [2.05, 4.69) is 5.32 Å². The number of aliphatic hydroxyl groups excluding tert-OH is 2. The number of alkyl halides is 3. The molecule has 1 aliphatic heterocycles. The van der Waals surface area contributed by atoms with Gasteiger partial charge in [-0.2, -0.15) is 13.2 Å². The molecule has 1 heterocycles. The van der Waals surface area contributed by atoms with Crippen molar-refractivity contribution in [3.63, 3.8) is 0 Å². The summed E-state index contributed by atoms with van der Waals surface area (Å²) in [5, 5.41) is 22.6. The Kier molecular flexibility index (Phi) is 6.94.